The number of phenols is 1. The van der Waals surface area contributed by atoms with Gasteiger partial charge in [0, 0.05) is 44.7 Å². The molecule has 1 saturated heterocycles. The number of anilines is 1. The van der Waals surface area contributed by atoms with Gasteiger partial charge in [-0.05, 0) is 36.2 Å². The highest BCUT2D eigenvalue weighted by molar-refractivity contribution is 5.86. The highest BCUT2D eigenvalue weighted by Gasteiger charge is 2.14. The van der Waals surface area contributed by atoms with Gasteiger partial charge < -0.3 is 19.7 Å². The Morgan fingerprint density at radius 1 is 0.935 bits per heavy atom. The van der Waals surface area contributed by atoms with E-state index < -0.39 is 0 Å². The van der Waals surface area contributed by atoms with E-state index in [4.69, 9.17) is 14.4 Å². The predicted octanol–water partition coefficient (Wildman–Crippen LogP) is 4.52. The Hall–Kier alpha value is -3.19. The molecule has 0 spiro atoms. The molecule has 2 N–H and O–H groups in total. The van der Waals surface area contributed by atoms with E-state index in [2.05, 4.69) is 36.0 Å². The first-order valence-corrected chi connectivity index (χ1v) is 10.7. The minimum absolute atomic E-state index is 0.132. The van der Waals surface area contributed by atoms with Gasteiger partial charge in [0.2, 0.25) is 0 Å². The molecule has 0 unspecified atom stereocenters. The molecule has 0 atom stereocenters. The van der Waals surface area contributed by atoms with Crippen molar-refractivity contribution in [2.45, 2.75) is 27.7 Å². The van der Waals surface area contributed by atoms with Gasteiger partial charge in [-0.15, -0.1) is 0 Å². The van der Waals surface area contributed by atoms with Crippen LogP contribution in [0.15, 0.2) is 40.8 Å². The Morgan fingerprint density at radius 3 is 2.35 bits per heavy atom. The third kappa shape index (κ3) is 4.77. The van der Waals surface area contributed by atoms with Gasteiger partial charge in [-0.2, -0.15) is 0 Å². The van der Waals surface area contributed by atoms with Crippen LogP contribution in [-0.4, -0.2) is 46.2 Å². The average Bonchev–Trinajstić information content (AvgIpc) is 3.11. The summed E-state index contributed by atoms with van der Waals surface area (Å²) in [7, 11) is 0. The molecule has 0 amide bonds. The molecule has 7 nitrogen and oxygen atoms in total. The van der Waals surface area contributed by atoms with Gasteiger partial charge in [-0.3, -0.25) is 0 Å². The van der Waals surface area contributed by atoms with Gasteiger partial charge in [-0.1, -0.05) is 20.8 Å². The topological polar surface area (TPSA) is 87.3 Å². The van der Waals surface area contributed by atoms with Crippen LogP contribution in [0.25, 0.3) is 33.4 Å². The molecule has 0 saturated carbocycles. The molecule has 162 valence electrons. The van der Waals surface area contributed by atoms with E-state index in [1.807, 2.05) is 24.3 Å². The van der Waals surface area contributed by atoms with Gasteiger partial charge in [0.25, 0.3) is 0 Å². The number of oxazole rings is 1. The number of piperazine rings is 1. The third-order valence-electron chi connectivity index (χ3n) is 4.86. The molecule has 3 aromatic heterocycles. The summed E-state index contributed by atoms with van der Waals surface area (Å²) in [5.41, 5.74) is 4.19. The second kappa shape index (κ2) is 8.89. The molecule has 5 rings (SSSR count). The summed E-state index contributed by atoms with van der Waals surface area (Å²) in [6.45, 7) is 12.1. The molecule has 31 heavy (non-hydrogen) atoms. The lowest BCUT2D eigenvalue weighted by Crippen LogP contribution is -2.43. The Bertz CT molecular complexity index is 1190. The molecule has 1 aromatic carbocycles. The number of fused-ring (bicyclic) bond motifs is 2. The first-order valence-electron chi connectivity index (χ1n) is 10.7. The number of hydrogen-bond donors (Lipinski definition) is 2. The lowest BCUT2D eigenvalue weighted by atomic mass is 10.1. The summed E-state index contributed by atoms with van der Waals surface area (Å²) >= 11 is 0. The van der Waals surface area contributed by atoms with Crippen LogP contribution in [0, 0.1) is 12.8 Å². The Kier molecular flexibility index (Phi) is 6.04. The predicted molar refractivity (Wildman–Crippen MR) is 125 cm³/mol. The maximum atomic E-state index is 10.4. The summed E-state index contributed by atoms with van der Waals surface area (Å²) < 4.78 is 5.58. The second-order valence-corrected chi connectivity index (χ2v) is 8.44. The molecule has 1 aliphatic heterocycles. The highest BCUT2D eigenvalue weighted by Crippen LogP contribution is 2.33. The molecule has 4 aromatic rings. The second-order valence-electron chi connectivity index (χ2n) is 8.44. The SMILES string of the molecule is CC(C)C.Cc1nc2cc(O)c(-c3ccc4nc(N5CCNCC5)ccc4n3)cc2o1. The molecule has 1 fully saturated rings. The zero-order valence-corrected chi connectivity index (χ0v) is 18.5. The number of hydrogen-bond acceptors (Lipinski definition) is 7. The van der Waals surface area contributed by atoms with E-state index in [1.165, 1.54) is 0 Å². The van der Waals surface area contributed by atoms with Crippen molar-refractivity contribution in [1.82, 2.24) is 20.3 Å². The third-order valence-corrected chi connectivity index (χ3v) is 4.86. The Morgan fingerprint density at radius 2 is 1.61 bits per heavy atom. The minimum atomic E-state index is 0.132. The Labute approximate surface area is 182 Å². The number of aromatic nitrogens is 3. The molecule has 0 aliphatic carbocycles. The zero-order valence-electron chi connectivity index (χ0n) is 18.5. The van der Waals surface area contributed by atoms with Crippen molar-refractivity contribution < 1.29 is 9.52 Å². The molecular formula is C24H29N5O2. The van der Waals surface area contributed by atoms with E-state index in [0.29, 0.717) is 28.2 Å². The largest absolute Gasteiger partial charge is 0.507 e. The fraction of sp³-hybridized carbons (Fsp3) is 0.375. The van der Waals surface area contributed by atoms with E-state index in [0.717, 1.165) is 48.9 Å². The zero-order chi connectivity index (χ0) is 22.0. The van der Waals surface area contributed by atoms with Crippen LogP contribution in [0.3, 0.4) is 0 Å². The van der Waals surface area contributed by atoms with Crippen LogP contribution in [0.5, 0.6) is 5.75 Å². The van der Waals surface area contributed by atoms with Crippen molar-refractivity contribution >= 4 is 28.0 Å². The van der Waals surface area contributed by atoms with Crippen molar-refractivity contribution in [2.24, 2.45) is 5.92 Å². The molecular weight excluding hydrogens is 390 g/mol. The fourth-order valence-electron chi connectivity index (χ4n) is 3.50. The molecule has 0 bridgehead atoms. The molecule has 1 aliphatic rings. The first kappa shape index (κ1) is 21.1. The number of aryl methyl sites for hydroxylation is 1. The highest BCUT2D eigenvalue weighted by atomic mass is 16.3. The monoisotopic (exact) mass is 419 g/mol. The molecule has 7 heteroatoms. The maximum Gasteiger partial charge on any atom is 0.192 e. The number of rotatable bonds is 2. The summed E-state index contributed by atoms with van der Waals surface area (Å²) in [6.07, 6.45) is 0. The lowest BCUT2D eigenvalue weighted by Gasteiger charge is -2.28. The van der Waals surface area contributed by atoms with E-state index >= 15 is 0 Å². The summed E-state index contributed by atoms with van der Waals surface area (Å²) in [4.78, 5) is 16.0. The van der Waals surface area contributed by atoms with Crippen LogP contribution < -0.4 is 10.2 Å². The van der Waals surface area contributed by atoms with E-state index in [9.17, 15) is 5.11 Å². The van der Waals surface area contributed by atoms with Gasteiger partial charge in [0.05, 0.1) is 16.7 Å². The van der Waals surface area contributed by atoms with E-state index in [-0.39, 0.29) is 5.75 Å². The number of aromatic hydroxyl groups is 1. The van der Waals surface area contributed by atoms with Crippen LogP contribution in [0.1, 0.15) is 26.7 Å². The smallest absolute Gasteiger partial charge is 0.192 e. The van der Waals surface area contributed by atoms with E-state index in [1.54, 1.807) is 19.1 Å². The molecule has 4 heterocycles. The number of pyridine rings is 2. The first-order chi connectivity index (χ1) is 14.9. The van der Waals surface area contributed by atoms with Gasteiger partial charge in [0.1, 0.15) is 17.1 Å². The van der Waals surface area contributed by atoms with Gasteiger partial charge in [-0.25, -0.2) is 15.0 Å². The minimum Gasteiger partial charge on any atom is -0.507 e. The van der Waals surface area contributed by atoms with Crippen molar-refractivity contribution in [3.05, 3.63) is 42.3 Å². The van der Waals surface area contributed by atoms with Crippen LogP contribution in [-0.2, 0) is 0 Å². The average molecular weight is 420 g/mol. The quantitative estimate of drug-likeness (QED) is 0.494. The number of nitrogens with zero attached hydrogens (tertiary/aromatic N) is 4. The molecule has 0 radical (unpaired) electrons. The van der Waals surface area contributed by atoms with Gasteiger partial charge in [0.15, 0.2) is 11.5 Å². The van der Waals surface area contributed by atoms with Crippen LogP contribution in [0.2, 0.25) is 0 Å². The normalized spacial score (nSPS) is 14.2. The van der Waals surface area contributed by atoms with Crippen molar-refractivity contribution in [2.75, 3.05) is 31.1 Å². The summed E-state index contributed by atoms with van der Waals surface area (Å²) in [5, 5.41) is 13.8. The Balaban J connectivity index is 0.000000535. The summed E-state index contributed by atoms with van der Waals surface area (Å²) in [6, 6.07) is 11.2. The standard InChI is InChI=1S/C20H19N5O2.C4H10/c1-12-22-17-11-18(26)13(10-19(17)27-12)14-2-3-16-15(23-14)4-5-20(24-16)25-8-6-21-7-9-25;1-4(2)3/h2-5,10-11,21,26H,6-9H2,1H3;4H,1-3H3. The van der Waals surface area contributed by atoms with Crippen LogP contribution >= 0.6 is 0 Å². The lowest BCUT2D eigenvalue weighted by molar-refractivity contribution is 0.477. The van der Waals surface area contributed by atoms with Crippen molar-refractivity contribution in [1.29, 1.82) is 0 Å². The van der Waals surface area contributed by atoms with Gasteiger partial charge >= 0.3 is 0 Å². The van der Waals surface area contributed by atoms with Crippen molar-refractivity contribution in [3.8, 4) is 17.0 Å². The number of phenolic OH excluding ortho intramolecular Hbond substituents is 1. The number of benzene rings is 1. The van der Waals surface area contributed by atoms with Crippen molar-refractivity contribution in [3.63, 3.8) is 0 Å². The maximum absolute atomic E-state index is 10.4. The fourth-order valence-corrected chi connectivity index (χ4v) is 3.50. The van der Waals surface area contributed by atoms with Crippen LogP contribution in [0.4, 0.5) is 5.82 Å². The number of nitrogens with one attached hydrogen (secondary N) is 1. The summed E-state index contributed by atoms with van der Waals surface area (Å²) in [5.74, 6) is 2.51.